The molecule has 0 aliphatic carbocycles. The third-order valence-electron chi connectivity index (χ3n) is 5.09. The number of rotatable bonds is 7. The van der Waals surface area contributed by atoms with E-state index in [2.05, 4.69) is 15.2 Å². The van der Waals surface area contributed by atoms with Gasteiger partial charge in [-0.2, -0.15) is 4.31 Å². The molecular weight excluding hydrogens is 475 g/mol. The summed E-state index contributed by atoms with van der Waals surface area (Å²) in [4.78, 5) is 20.6. The van der Waals surface area contributed by atoms with Crippen molar-refractivity contribution in [3.05, 3.63) is 82.3 Å². The number of hydrogen-bond donors (Lipinski definition) is 2. The van der Waals surface area contributed by atoms with E-state index in [1.54, 1.807) is 24.3 Å². The molecule has 0 fully saturated rings. The van der Waals surface area contributed by atoms with E-state index in [1.165, 1.54) is 10.4 Å². The molecule has 0 unspecified atom stereocenters. The number of aromatic amines is 1. The Balaban J connectivity index is 1.33. The molecule has 0 saturated carbocycles. The van der Waals surface area contributed by atoms with E-state index in [4.69, 9.17) is 4.84 Å². The van der Waals surface area contributed by atoms with Crippen LogP contribution in [0.5, 0.6) is 5.75 Å². The maximum absolute atomic E-state index is 12.8. The Morgan fingerprint density at radius 2 is 1.82 bits per heavy atom. The molecule has 0 radical (unpaired) electrons. The normalized spacial score (nSPS) is 15.2. The Hall–Kier alpha value is -3.35. The van der Waals surface area contributed by atoms with Gasteiger partial charge < -0.3 is 9.72 Å². The maximum atomic E-state index is 12.8. The van der Waals surface area contributed by atoms with E-state index in [9.17, 15) is 26.4 Å². The van der Waals surface area contributed by atoms with Crippen molar-refractivity contribution in [3.63, 3.8) is 0 Å². The molecule has 8 nitrogen and oxygen atoms in total. The van der Waals surface area contributed by atoms with Crippen LogP contribution >= 0.6 is 0 Å². The number of ether oxygens (including phenoxy) is 1. The minimum absolute atomic E-state index is 0.0572. The first-order chi connectivity index (χ1) is 16.1. The standard InChI is InChI=1S/C22H20F3N3O5S/c23-22(24,25)33-17-5-7-18(8-6-17)34(30,31)28-11-9-15(10-12-28)27-32-14-16-13-21(29)19-3-1-2-4-20(19)26-16/h1-9,13,27H,10-12,14H2,(H,26,29). The van der Waals surface area contributed by atoms with Crippen LogP contribution in [-0.2, 0) is 21.5 Å². The first-order valence-corrected chi connectivity index (χ1v) is 11.6. The van der Waals surface area contributed by atoms with Crippen molar-refractivity contribution in [1.29, 1.82) is 0 Å². The molecule has 4 rings (SSSR count). The topological polar surface area (TPSA) is 101 Å². The van der Waals surface area contributed by atoms with Crippen molar-refractivity contribution >= 4 is 20.9 Å². The van der Waals surface area contributed by atoms with Crippen molar-refractivity contribution in [2.75, 3.05) is 13.1 Å². The Morgan fingerprint density at radius 1 is 1.09 bits per heavy atom. The maximum Gasteiger partial charge on any atom is 0.573 e. The van der Waals surface area contributed by atoms with Crippen LogP contribution in [0.15, 0.2) is 76.1 Å². The van der Waals surface area contributed by atoms with Crippen LogP contribution in [-0.4, -0.2) is 37.2 Å². The third kappa shape index (κ3) is 5.58. The molecular formula is C22H20F3N3O5S. The summed E-state index contributed by atoms with van der Waals surface area (Å²) in [5.74, 6) is -0.499. The molecule has 0 atom stereocenters. The number of hydroxylamine groups is 1. The summed E-state index contributed by atoms with van der Waals surface area (Å²) >= 11 is 0. The summed E-state index contributed by atoms with van der Waals surface area (Å²) in [5, 5.41) is 0.581. The fourth-order valence-corrected chi connectivity index (χ4v) is 4.84. The molecule has 1 aromatic heterocycles. The minimum Gasteiger partial charge on any atom is -0.406 e. The number of sulfonamides is 1. The molecule has 2 heterocycles. The van der Waals surface area contributed by atoms with Crippen molar-refractivity contribution < 1.29 is 31.2 Å². The Labute approximate surface area is 192 Å². The van der Waals surface area contributed by atoms with Crippen molar-refractivity contribution in [3.8, 4) is 5.75 Å². The summed E-state index contributed by atoms with van der Waals surface area (Å²) in [6.45, 7) is 0.297. The second-order valence-electron chi connectivity index (χ2n) is 7.46. The van der Waals surface area contributed by atoms with E-state index in [1.807, 2.05) is 6.07 Å². The van der Waals surface area contributed by atoms with Crippen LogP contribution in [0, 0.1) is 0 Å². The van der Waals surface area contributed by atoms with Crippen molar-refractivity contribution in [2.24, 2.45) is 0 Å². The number of benzene rings is 2. The summed E-state index contributed by atoms with van der Waals surface area (Å²) < 4.78 is 67.4. The lowest BCUT2D eigenvalue weighted by molar-refractivity contribution is -0.274. The number of fused-ring (bicyclic) bond motifs is 1. The zero-order chi connectivity index (χ0) is 24.3. The highest BCUT2D eigenvalue weighted by atomic mass is 32.2. The van der Waals surface area contributed by atoms with E-state index in [0.717, 1.165) is 24.3 Å². The summed E-state index contributed by atoms with van der Waals surface area (Å²) in [6, 6.07) is 12.6. The molecule has 2 aromatic carbocycles. The lowest BCUT2D eigenvalue weighted by Gasteiger charge is -2.26. The molecule has 1 aliphatic rings. The molecule has 1 aliphatic heterocycles. The molecule has 12 heteroatoms. The quantitative estimate of drug-likeness (QED) is 0.487. The van der Waals surface area contributed by atoms with Gasteiger partial charge in [-0.25, -0.2) is 8.42 Å². The van der Waals surface area contributed by atoms with Gasteiger partial charge in [0.25, 0.3) is 0 Å². The Morgan fingerprint density at radius 3 is 2.50 bits per heavy atom. The van der Waals surface area contributed by atoms with Gasteiger partial charge in [0.05, 0.1) is 4.90 Å². The molecule has 34 heavy (non-hydrogen) atoms. The van der Waals surface area contributed by atoms with E-state index < -0.39 is 22.1 Å². The van der Waals surface area contributed by atoms with Crippen molar-refractivity contribution in [2.45, 2.75) is 24.3 Å². The second kappa shape index (κ2) is 9.49. The summed E-state index contributed by atoms with van der Waals surface area (Å²) in [7, 11) is -3.89. The lowest BCUT2D eigenvalue weighted by Crippen LogP contribution is -2.36. The average Bonchev–Trinajstić information content (AvgIpc) is 2.79. The number of pyridine rings is 1. The highest BCUT2D eigenvalue weighted by Gasteiger charge is 2.31. The SMILES string of the molecule is O=c1cc(CONC2=CCN(S(=O)(=O)c3ccc(OC(F)(F)F)cc3)CC2)[nH]c2ccccc12. The fourth-order valence-electron chi connectivity index (χ4n) is 3.46. The predicted octanol–water partition coefficient (Wildman–Crippen LogP) is 3.43. The van der Waals surface area contributed by atoms with Gasteiger partial charge in [-0.1, -0.05) is 12.1 Å². The first kappa shape index (κ1) is 23.8. The van der Waals surface area contributed by atoms with Gasteiger partial charge in [0, 0.05) is 47.9 Å². The van der Waals surface area contributed by atoms with Gasteiger partial charge in [0.2, 0.25) is 10.0 Å². The summed E-state index contributed by atoms with van der Waals surface area (Å²) in [5.41, 5.74) is 4.60. The summed E-state index contributed by atoms with van der Waals surface area (Å²) in [6.07, 6.45) is -2.87. The van der Waals surface area contributed by atoms with Crippen LogP contribution in [0.25, 0.3) is 10.9 Å². The Kier molecular flexibility index (Phi) is 6.64. The highest BCUT2D eigenvalue weighted by molar-refractivity contribution is 7.89. The lowest BCUT2D eigenvalue weighted by atomic mass is 10.2. The first-order valence-electron chi connectivity index (χ1n) is 10.2. The zero-order valence-corrected chi connectivity index (χ0v) is 18.4. The largest absolute Gasteiger partial charge is 0.573 e. The number of nitrogens with one attached hydrogen (secondary N) is 2. The minimum atomic E-state index is -4.85. The second-order valence-corrected chi connectivity index (χ2v) is 9.39. The predicted molar refractivity (Wildman–Crippen MR) is 117 cm³/mol. The van der Waals surface area contributed by atoms with Crippen LogP contribution < -0.4 is 15.6 Å². The third-order valence-corrected chi connectivity index (χ3v) is 6.97. The van der Waals surface area contributed by atoms with E-state index in [-0.39, 0.29) is 30.0 Å². The Bertz CT molecular complexity index is 1370. The molecule has 0 bridgehead atoms. The van der Waals surface area contributed by atoms with Crippen LogP contribution in [0.1, 0.15) is 12.1 Å². The fraction of sp³-hybridized carbons (Fsp3) is 0.227. The molecule has 180 valence electrons. The smallest absolute Gasteiger partial charge is 0.406 e. The highest BCUT2D eigenvalue weighted by Crippen LogP contribution is 2.26. The number of para-hydroxylation sites is 1. The van der Waals surface area contributed by atoms with Crippen molar-refractivity contribution in [1.82, 2.24) is 14.8 Å². The van der Waals surface area contributed by atoms with Gasteiger partial charge in [0.15, 0.2) is 5.43 Å². The van der Waals surface area contributed by atoms with Gasteiger partial charge in [-0.3, -0.25) is 15.1 Å². The molecule has 0 spiro atoms. The van der Waals surface area contributed by atoms with Gasteiger partial charge in [-0.05, 0) is 42.5 Å². The number of H-pyrrole nitrogens is 1. The van der Waals surface area contributed by atoms with Gasteiger partial charge in [-0.15, -0.1) is 13.2 Å². The van der Waals surface area contributed by atoms with Crippen LogP contribution in [0.4, 0.5) is 13.2 Å². The number of halogens is 3. The number of alkyl halides is 3. The van der Waals surface area contributed by atoms with Crippen LogP contribution in [0.3, 0.4) is 0 Å². The number of hydrogen-bond acceptors (Lipinski definition) is 6. The van der Waals surface area contributed by atoms with Crippen LogP contribution in [0.2, 0.25) is 0 Å². The number of aromatic nitrogens is 1. The molecule has 0 saturated heterocycles. The average molecular weight is 495 g/mol. The molecule has 2 N–H and O–H groups in total. The monoisotopic (exact) mass is 495 g/mol. The zero-order valence-electron chi connectivity index (χ0n) is 17.6. The number of nitrogens with zero attached hydrogens (tertiary/aromatic N) is 1. The molecule has 0 amide bonds. The van der Waals surface area contributed by atoms with Gasteiger partial charge in [0.1, 0.15) is 12.4 Å². The van der Waals surface area contributed by atoms with E-state index >= 15 is 0 Å². The van der Waals surface area contributed by atoms with E-state index in [0.29, 0.717) is 28.7 Å². The molecule has 3 aromatic rings. The van der Waals surface area contributed by atoms with Gasteiger partial charge >= 0.3 is 6.36 Å².